The van der Waals surface area contributed by atoms with Crippen LogP contribution in [0.5, 0.6) is 0 Å². The first-order valence-corrected chi connectivity index (χ1v) is 17.2. The molecule has 2 aliphatic heterocycles. The lowest BCUT2D eigenvalue weighted by molar-refractivity contribution is 0.00578. The van der Waals surface area contributed by atoms with Gasteiger partial charge in [-0.2, -0.15) is 0 Å². The molecule has 49 heavy (non-hydrogen) atoms. The lowest BCUT2D eigenvalue weighted by Crippen LogP contribution is -2.41. The van der Waals surface area contributed by atoms with E-state index in [9.17, 15) is 0 Å². The molecule has 0 N–H and O–H groups in total. The molecule has 5 heteroatoms. The van der Waals surface area contributed by atoms with Crippen molar-refractivity contribution in [3.63, 3.8) is 0 Å². The number of fused-ring (bicyclic) bond motifs is 6. The number of benzene rings is 6. The molecule has 7 aromatic rings. The summed E-state index contributed by atoms with van der Waals surface area (Å²) in [5.41, 5.74) is 12.6. The number of rotatable bonds is 4. The summed E-state index contributed by atoms with van der Waals surface area (Å²) in [6.07, 6.45) is 0. The van der Waals surface area contributed by atoms with Gasteiger partial charge >= 0.3 is 7.12 Å². The van der Waals surface area contributed by atoms with E-state index in [2.05, 4.69) is 184 Å². The molecule has 240 valence electrons. The van der Waals surface area contributed by atoms with E-state index in [1.807, 2.05) is 0 Å². The number of nitrogens with zero attached hydrogens (tertiary/aromatic N) is 2. The summed E-state index contributed by atoms with van der Waals surface area (Å²) < 4.78 is 15.1. The monoisotopic (exact) mass is 638 g/mol. The molecule has 1 fully saturated rings. The molecule has 0 radical (unpaired) electrons. The molecule has 2 aliphatic rings. The molecule has 0 aliphatic carbocycles. The number of hydrogen-bond acceptors (Lipinski definition) is 3. The smallest absolute Gasteiger partial charge is 0.399 e. The second-order valence-electron chi connectivity index (χ2n) is 14.5. The maximum absolute atomic E-state index is 6.37. The lowest BCUT2D eigenvalue weighted by Gasteiger charge is -2.39. The van der Waals surface area contributed by atoms with Crippen LogP contribution in [0.15, 0.2) is 140 Å². The van der Waals surface area contributed by atoms with E-state index in [0.29, 0.717) is 0 Å². The number of anilines is 1. The average Bonchev–Trinajstić information content (AvgIpc) is 3.57. The summed E-state index contributed by atoms with van der Waals surface area (Å²) >= 11 is 0. The van der Waals surface area contributed by atoms with Crippen LogP contribution >= 0.6 is 0 Å². The van der Waals surface area contributed by atoms with E-state index < -0.39 is 0 Å². The van der Waals surface area contributed by atoms with Gasteiger partial charge in [0.15, 0.2) is 0 Å². The van der Waals surface area contributed by atoms with Crippen molar-refractivity contribution in [2.45, 2.75) is 44.9 Å². The summed E-state index contributed by atoms with van der Waals surface area (Å²) in [5.74, 6) is 0. The topological polar surface area (TPSA) is 26.6 Å². The van der Waals surface area contributed by atoms with Gasteiger partial charge in [-0.3, -0.25) is 0 Å². The first-order valence-electron chi connectivity index (χ1n) is 17.2. The van der Waals surface area contributed by atoms with E-state index in [0.717, 1.165) is 11.2 Å². The summed E-state index contributed by atoms with van der Waals surface area (Å²) in [6, 6.07) is 50.9. The molecule has 0 amide bonds. The highest BCUT2D eigenvalue weighted by Crippen LogP contribution is 2.50. The van der Waals surface area contributed by atoms with Gasteiger partial charge in [-0.15, -0.1) is 0 Å². The first-order chi connectivity index (χ1) is 23.7. The third kappa shape index (κ3) is 4.60. The van der Waals surface area contributed by atoms with Crippen LogP contribution in [0.2, 0.25) is 0 Å². The zero-order valence-electron chi connectivity index (χ0n) is 28.6. The second kappa shape index (κ2) is 11.0. The van der Waals surface area contributed by atoms with Crippen molar-refractivity contribution in [2.75, 3.05) is 11.9 Å². The summed E-state index contributed by atoms with van der Waals surface area (Å²) in [6.45, 7) is 8.40. The SMILES string of the molecule is CN1c2ccccc2-c2c(-c3cccc(-n4c5ccccc5c5ccccc54)c3)cccc2C1c1ccc(B2OC(C)(C)C(C)(C)O2)cc1. The summed E-state index contributed by atoms with van der Waals surface area (Å²) in [4.78, 5) is 2.42. The third-order valence-electron chi connectivity index (χ3n) is 11.1. The van der Waals surface area contributed by atoms with Gasteiger partial charge in [-0.1, -0.05) is 109 Å². The van der Waals surface area contributed by atoms with Gasteiger partial charge < -0.3 is 18.8 Å². The van der Waals surface area contributed by atoms with Gasteiger partial charge in [0.25, 0.3) is 0 Å². The molecule has 0 bridgehead atoms. The minimum Gasteiger partial charge on any atom is -0.399 e. The lowest BCUT2D eigenvalue weighted by atomic mass is 9.77. The average molecular weight is 639 g/mol. The van der Waals surface area contributed by atoms with Gasteiger partial charge in [-0.25, -0.2) is 0 Å². The van der Waals surface area contributed by atoms with Crippen molar-refractivity contribution < 1.29 is 9.31 Å². The molecular formula is C44H39BN2O2. The van der Waals surface area contributed by atoms with E-state index >= 15 is 0 Å². The minimum absolute atomic E-state index is 0.0396. The van der Waals surface area contributed by atoms with Crippen LogP contribution in [0, 0.1) is 0 Å². The minimum atomic E-state index is -0.385. The second-order valence-corrected chi connectivity index (χ2v) is 14.5. The Kier molecular flexibility index (Phi) is 6.71. The standard InChI is InChI=1S/C44H39BN2O2/c1-43(2)44(3,4)49-45(48-43)31-26-24-29(25-27-31)42-37-20-13-19-33(41(37)36-18-8-9-21-38(36)46(42)5)30-14-12-15-32(28-30)47-39-22-10-6-16-34(39)35-17-7-11-23-40(35)47/h6-28,42H,1-5H3. The van der Waals surface area contributed by atoms with E-state index in [1.54, 1.807) is 0 Å². The van der Waals surface area contributed by atoms with Crippen molar-refractivity contribution in [3.8, 4) is 27.9 Å². The highest BCUT2D eigenvalue weighted by molar-refractivity contribution is 6.62. The van der Waals surface area contributed by atoms with Gasteiger partial charge in [0.2, 0.25) is 0 Å². The van der Waals surface area contributed by atoms with Gasteiger partial charge in [-0.05, 0) is 91.3 Å². The zero-order valence-corrected chi connectivity index (χ0v) is 28.6. The fourth-order valence-electron chi connectivity index (χ4n) is 7.91. The molecular weight excluding hydrogens is 599 g/mol. The number of para-hydroxylation sites is 3. The molecule has 6 aromatic carbocycles. The molecule has 3 heterocycles. The Balaban J connectivity index is 1.17. The molecule has 1 aromatic heterocycles. The summed E-state index contributed by atoms with van der Waals surface area (Å²) in [7, 11) is 1.83. The van der Waals surface area contributed by atoms with Crippen molar-refractivity contribution >= 4 is 40.1 Å². The predicted molar refractivity (Wildman–Crippen MR) is 204 cm³/mol. The molecule has 1 atom stereocenters. The van der Waals surface area contributed by atoms with Gasteiger partial charge in [0, 0.05) is 34.8 Å². The fraction of sp³-hybridized carbons (Fsp3) is 0.182. The van der Waals surface area contributed by atoms with E-state index in [4.69, 9.17) is 9.31 Å². The molecule has 4 nitrogen and oxygen atoms in total. The number of hydrogen-bond donors (Lipinski definition) is 0. The fourth-order valence-corrected chi connectivity index (χ4v) is 7.91. The van der Waals surface area contributed by atoms with Crippen LogP contribution in [-0.4, -0.2) is 29.9 Å². The maximum Gasteiger partial charge on any atom is 0.494 e. The molecule has 0 saturated carbocycles. The predicted octanol–water partition coefficient (Wildman–Crippen LogP) is 9.96. The molecule has 9 rings (SSSR count). The van der Waals surface area contributed by atoms with Crippen molar-refractivity contribution in [1.29, 1.82) is 0 Å². The van der Waals surface area contributed by atoms with Crippen LogP contribution < -0.4 is 10.4 Å². The third-order valence-corrected chi connectivity index (χ3v) is 11.1. The van der Waals surface area contributed by atoms with Crippen molar-refractivity contribution in [1.82, 2.24) is 4.57 Å². The Bertz CT molecular complexity index is 2320. The van der Waals surface area contributed by atoms with Crippen LogP contribution in [0.3, 0.4) is 0 Å². The largest absolute Gasteiger partial charge is 0.494 e. The Morgan fingerprint density at radius 1 is 0.592 bits per heavy atom. The Hall–Kier alpha value is -5.10. The Labute approximate surface area is 288 Å². The van der Waals surface area contributed by atoms with Crippen LogP contribution in [0.4, 0.5) is 5.69 Å². The van der Waals surface area contributed by atoms with Crippen LogP contribution in [-0.2, 0) is 9.31 Å². The normalized spacial score (nSPS) is 17.8. The molecule has 0 spiro atoms. The Morgan fingerprint density at radius 2 is 1.18 bits per heavy atom. The van der Waals surface area contributed by atoms with Crippen LogP contribution in [0.1, 0.15) is 44.9 Å². The highest BCUT2D eigenvalue weighted by atomic mass is 16.7. The van der Waals surface area contributed by atoms with Gasteiger partial charge in [0.05, 0.1) is 28.3 Å². The quantitative estimate of drug-likeness (QED) is 0.180. The molecule has 1 unspecified atom stereocenters. The number of aromatic nitrogens is 1. The van der Waals surface area contributed by atoms with Gasteiger partial charge in [0.1, 0.15) is 0 Å². The maximum atomic E-state index is 6.37. The van der Waals surface area contributed by atoms with Crippen LogP contribution in [0.25, 0.3) is 49.7 Å². The van der Waals surface area contributed by atoms with E-state index in [1.165, 1.54) is 60.9 Å². The zero-order chi connectivity index (χ0) is 33.5. The first kappa shape index (κ1) is 30.0. The van der Waals surface area contributed by atoms with Crippen molar-refractivity contribution in [2.24, 2.45) is 0 Å². The van der Waals surface area contributed by atoms with Crippen molar-refractivity contribution in [3.05, 3.63) is 151 Å². The Morgan fingerprint density at radius 3 is 1.88 bits per heavy atom. The van der Waals surface area contributed by atoms with E-state index in [-0.39, 0.29) is 24.4 Å². The summed E-state index contributed by atoms with van der Waals surface area (Å²) in [5, 5.41) is 2.54. The highest BCUT2D eigenvalue weighted by Gasteiger charge is 2.51. The molecule has 1 saturated heterocycles.